The second-order valence-electron chi connectivity index (χ2n) is 9.70. The SMILES string of the molecule is [B]CCOCP(=O)(OCc1ccc([N+](=O)[O-])o1)N(C)CCCCCl.[B]CCOCP(=O)(OCc1ccc([N+](=O)[O-])o1)N(C)CCCO. The van der Waals surface area contributed by atoms with Gasteiger partial charge >= 0.3 is 11.8 Å². The van der Waals surface area contributed by atoms with Crippen molar-refractivity contribution in [2.45, 2.75) is 45.1 Å². The molecule has 2 rings (SSSR count). The number of halogens is 1. The molecular formula is C25H41B2ClN4O13P2. The van der Waals surface area contributed by atoms with Gasteiger partial charge in [0.25, 0.3) is 15.0 Å². The van der Waals surface area contributed by atoms with Crippen LogP contribution in [-0.4, -0.2) is 106 Å². The third kappa shape index (κ3) is 16.3. The fraction of sp³-hybridized carbons (Fsp3) is 0.680. The van der Waals surface area contributed by atoms with Gasteiger partial charge in [0.15, 0.2) is 0 Å². The highest BCUT2D eigenvalue weighted by molar-refractivity contribution is 7.56. The van der Waals surface area contributed by atoms with Crippen molar-refractivity contribution in [3.63, 3.8) is 0 Å². The zero-order chi connectivity index (χ0) is 35.3. The highest BCUT2D eigenvalue weighted by Gasteiger charge is 2.31. The van der Waals surface area contributed by atoms with Crippen LogP contribution in [0.3, 0.4) is 0 Å². The van der Waals surface area contributed by atoms with E-state index in [-0.39, 0.29) is 63.6 Å². The molecule has 2 aromatic heterocycles. The Morgan fingerprint density at radius 3 is 1.57 bits per heavy atom. The topological polar surface area (TPSA) is 210 Å². The van der Waals surface area contributed by atoms with E-state index < -0.39 is 36.7 Å². The summed E-state index contributed by atoms with van der Waals surface area (Å²) >= 11 is 5.65. The van der Waals surface area contributed by atoms with Crippen LogP contribution in [0.2, 0.25) is 12.6 Å². The summed E-state index contributed by atoms with van der Waals surface area (Å²) in [5.74, 6) is 0.129. The fourth-order valence-electron chi connectivity index (χ4n) is 3.45. The molecule has 1 N–H and O–H groups in total. The molecule has 0 aromatic carbocycles. The fourth-order valence-corrected chi connectivity index (χ4v) is 6.84. The summed E-state index contributed by atoms with van der Waals surface area (Å²) in [4.78, 5) is 19.9. The summed E-state index contributed by atoms with van der Waals surface area (Å²) in [6, 6.07) is 5.22. The van der Waals surface area contributed by atoms with Crippen molar-refractivity contribution in [2.75, 3.05) is 65.6 Å². The minimum Gasteiger partial charge on any atom is -0.403 e. The molecule has 47 heavy (non-hydrogen) atoms. The molecule has 262 valence electrons. The van der Waals surface area contributed by atoms with Gasteiger partial charge in [-0.15, -0.1) is 11.6 Å². The minimum atomic E-state index is -3.34. The molecule has 17 nitrogen and oxygen atoms in total. The van der Waals surface area contributed by atoms with Gasteiger partial charge < -0.3 is 32.5 Å². The Kier molecular flexibility index (Phi) is 21.3. The first-order chi connectivity index (χ1) is 22.3. The number of unbranched alkanes of at least 4 members (excludes halogenated alkanes) is 1. The first kappa shape index (κ1) is 43.0. The highest BCUT2D eigenvalue weighted by atomic mass is 35.5. The zero-order valence-electron chi connectivity index (χ0n) is 26.5. The number of aliphatic hydroxyl groups excluding tert-OH is 1. The van der Waals surface area contributed by atoms with E-state index in [0.717, 1.165) is 12.8 Å². The monoisotopic (exact) mass is 724 g/mol. The lowest BCUT2D eigenvalue weighted by atomic mass is 10.1. The number of hydrogen-bond donors (Lipinski definition) is 1. The normalized spacial score (nSPS) is 14.0. The molecule has 22 heteroatoms. The van der Waals surface area contributed by atoms with Crippen LogP contribution in [0.1, 0.15) is 30.8 Å². The Morgan fingerprint density at radius 2 is 1.23 bits per heavy atom. The standard InChI is InChI=1S/C13H21BClN2O6P.C12H20BN2O7P/c1-16(8-3-2-7-15)24(20,11-21-9-6-14)22-10-12-4-5-13(23-12)17(18)19;1-14(6-2-7-16)23(19,10-20-8-5-13)21-9-11-3-4-12(22-11)15(17)18/h4-5H,2-3,6-11H2,1H3;3-4,16H,2,5-10H2,1H3. The van der Waals surface area contributed by atoms with Crippen molar-refractivity contribution in [2.24, 2.45) is 0 Å². The second kappa shape index (κ2) is 23.3. The van der Waals surface area contributed by atoms with Crippen LogP contribution in [0, 0.1) is 20.2 Å². The van der Waals surface area contributed by atoms with Crippen molar-refractivity contribution >= 4 is 54.1 Å². The molecule has 2 heterocycles. The van der Waals surface area contributed by atoms with Crippen LogP contribution >= 0.6 is 26.6 Å². The molecule has 2 aromatic rings. The van der Waals surface area contributed by atoms with Crippen molar-refractivity contribution in [1.82, 2.24) is 9.34 Å². The number of alkyl halides is 1. The van der Waals surface area contributed by atoms with Gasteiger partial charge in [-0.3, -0.25) is 29.4 Å². The molecule has 0 saturated heterocycles. The van der Waals surface area contributed by atoms with Crippen molar-refractivity contribution < 1.29 is 51.4 Å². The number of rotatable bonds is 25. The summed E-state index contributed by atoms with van der Waals surface area (Å²) in [5.41, 5.74) is 0. The van der Waals surface area contributed by atoms with E-state index in [4.69, 9.17) is 59.8 Å². The Hall–Kier alpha value is -2.04. The van der Waals surface area contributed by atoms with Gasteiger partial charge in [-0.25, -0.2) is 9.34 Å². The first-order valence-electron chi connectivity index (χ1n) is 14.4. The van der Waals surface area contributed by atoms with E-state index in [0.29, 0.717) is 31.7 Å². The number of ether oxygens (including phenoxy) is 2. The number of furan rings is 2. The quantitative estimate of drug-likeness (QED) is 0.0349. The van der Waals surface area contributed by atoms with Crippen LogP contribution in [0.25, 0.3) is 0 Å². The molecule has 0 aliphatic rings. The third-order valence-corrected chi connectivity index (χ3v) is 10.9. The van der Waals surface area contributed by atoms with Crippen LogP contribution in [-0.2, 0) is 40.9 Å². The summed E-state index contributed by atoms with van der Waals surface area (Å²) in [5, 5.41) is 30.1. The van der Waals surface area contributed by atoms with Crippen molar-refractivity contribution in [1.29, 1.82) is 0 Å². The maximum atomic E-state index is 13.0. The van der Waals surface area contributed by atoms with Crippen molar-refractivity contribution in [3.05, 3.63) is 56.0 Å². The molecule has 2 unspecified atom stereocenters. The minimum absolute atomic E-state index is 0.0433. The van der Waals surface area contributed by atoms with Crippen LogP contribution in [0.15, 0.2) is 33.1 Å². The predicted octanol–water partition coefficient (Wildman–Crippen LogP) is 5.18. The Balaban J connectivity index is 0.000000470. The molecule has 0 saturated carbocycles. The third-order valence-electron chi connectivity index (χ3n) is 6.05. The van der Waals surface area contributed by atoms with E-state index in [1.54, 1.807) is 18.8 Å². The Morgan fingerprint density at radius 1 is 0.809 bits per heavy atom. The second-order valence-corrected chi connectivity index (χ2v) is 15.0. The lowest BCUT2D eigenvalue weighted by Crippen LogP contribution is -2.22. The van der Waals surface area contributed by atoms with Gasteiger partial charge in [0.05, 0.1) is 27.8 Å². The number of hydrogen-bond acceptors (Lipinski definition) is 13. The number of aliphatic hydroxyl groups is 1. The summed E-state index contributed by atoms with van der Waals surface area (Å²) in [7, 11) is 7.34. The maximum absolute atomic E-state index is 13.0. The summed E-state index contributed by atoms with van der Waals surface area (Å²) in [6.07, 6.45) is 2.27. The highest BCUT2D eigenvalue weighted by Crippen LogP contribution is 2.51. The lowest BCUT2D eigenvalue weighted by Gasteiger charge is -2.27. The Bertz CT molecular complexity index is 1290. The van der Waals surface area contributed by atoms with E-state index in [9.17, 15) is 29.4 Å². The molecule has 0 bridgehead atoms. The molecule has 0 aliphatic heterocycles. The van der Waals surface area contributed by atoms with E-state index in [1.807, 2.05) is 0 Å². The van der Waals surface area contributed by atoms with E-state index in [2.05, 4.69) is 0 Å². The average molecular weight is 725 g/mol. The average Bonchev–Trinajstić information content (AvgIpc) is 3.73. The molecule has 0 aliphatic carbocycles. The van der Waals surface area contributed by atoms with Gasteiger partial charge in [-0.1, -0.05) is 12.6 Å². The lowest BCUT2D eigenvalue weighted by molar-refractivity contribution is -0.402. The first-order valence-corrected chi connectivity index (χ1v) is 18.5. The van der Waals surface area contributed by atoms with Crippen LogP contribution in [0.4, 0.5) is 11.8 Å². The maximum Gasteiger partial charge on any atom is 0.433 e. The zero-order valence-corrected chi connectivity index (χ0v) is 29.0. The molecule has 4 radical (unpaired) electrons. The smallest absolute Gasteiger partial charge is 0.403 e. The van der Waals surface area contributed by atoms with Crippen LogP contribution < -0.4 is 0 Å². The van der Waals surface area contributed by atoms with E-state index in [1.165, 1.54) is 28.9 Å². The molecule has 2 atom stereocenters. The summed E-state index contributed by atoms with van der Waals surface area (Å²) < 4.78 is 60.4. The van der Waals surface area contributed by atoms with Crippen LogP contribution in [0.5, 0.6) is 0 Å². The van der Waals surface area contributed by atoms with Gasteiger partial charge in [0, 0.05) is 38.8 Å². The number of nitrogens with zero attached hydrogens (tertiary/aromatic N) is 4. The van der Waals surface area contributed by atoms with Gasteiger partial charge in [0.2, 0.25) is 0 Å². The largest absolute Gasteiger partial charge is 0.433 e. The molecular weight excluding hydrogens is 683 g/mol. The molecule has 0 amide bonds. The molecule has 0 spiro atoms. The Labute approximate surface area is 281 Å². The number of nitro groups is 2. The summed E-state index contributed by atoms with van der Waals surface area (Å²) in [6.45, 7) is 0.963. The van der Waals surface area contributed by atoms with E-state index >= 15 is 0 Å². The van der Waals surface area contributed by atoms with Gasteiger partial charge in [0.1, 0.15) is 47.3 Å². The predicted molar refractivity (Wildman–Crippen MR) is 175 cm³/mol. The van der Waals surface area contributed by atoms with Gasteiger partial charge in [-0.05, 0) is 45.5 Å². The van der Waals surface area contributed by atoms with Crippen molar-refractivity contribution in [3.8, 4) is 0 Å². The molecule has 0 fully saturated rings. The van der Waals surface area contributed by atoms with Gasteiger partial charge in [-0.2, -0.15) is 0 Å².